The topological polar surface area (TPSA) is 35.5 Å². The maximum Gasteiger partial charge on any atom is 0.170 e. The van der Waals surface area contributed by atoms with Crippen LogP contribution < -0.4 is 4.74 Å². The van der Waals surface area contributed by atoms with Crippen LogP contribution in [0.5, 0.6) is 5.75 Å². The summed E-state index contributed by atoms with van der Waals surface area (Å²) in [5.41, 5.74) is 0.229. The normalized spacial score (nSPS) is 30.0. The molecule has 0 radical (unpaired) electrons. The van der Waals surface area contributed by atoms with Crippen molar-refractivity contribution in [3.8, 4) is 5.75 Å². The van der Waals surface area contributed by atoms with E-state index < -0.39 is 5.60 Å². The molecule has 0 amide bonds. The lowest BCUT2D eigenvalue weighted by atomic mass is 9.76. The second-order valence-electron chi connectivity index (χ2n) is 5.38. The van der Waals surface area contributed by atoms with E-state index in [1.54, 1.807) is 7.11 Å². The molecule has 2 unspecified atom stereocenters. The number of methoxy groups -OCH3 is 1. The molecule has 2 atom stereocenters. The van der Waals surface area contributed by atoms with E-state index in [-0.39, 0.29) is 11.9 Å². The first kappa shape index (κ1) is 13.1. The Morgan fingerprint density at radius 1 is 1.42 bits per heavy atom. The van der Waals surface area contributed by atoms with Gasteiger partial charge in [0.25, 0.3) is 0 Å². The molecule has 19 heavy (non-hydrogen) atoms. The molecule has 1 spiro atoms. The van der Waals surface area contributed by atoms with E-state index in [0.29, 0.717) is 17.7 Å². The van der Waals surface area contributed by atoms with Gasteiger partial charge in [-0.2, -0.15) is 0 Å². The Labute approximate surface area is 121 Å². The van der Waals surface area contributed by atoms with E-state index in [9.17, 15) is 4.79 Å². The van der Waals surface area contributed by atoms with Crippen LogP contribution in [0.1, 0.15) is 42.5 Å². The van der Waals surface area contributed by atoms with Crippen LogP contribution in [0.3, 0.4) is 0 Å². The number of benzene rings is 1. The van der Waals surface area contributed by atoms with Crippen LogP contribution in [0, 0.1) is 0 Å². The highest BCUT2D eigenvalue weighted by molar-refractivity contribution is 9.10. The third-order valence-electron chi connectivity index (χ3n) is 4.20. The molecular weight excluding hydrogens is 308 g/mol. The van der Waals surface area contributed by atoms with Gasteiger partial charge in [0.1, 0.15) is 11.4 Å². The van der Waals surface area contributed by atoms with Crippen LogP contribution in [-0.2, 0) is 4.74 Å². The molecule has 0 aromatic heterocycles. The van der Waals surface area contributed by atoms with Crippen molar-refractivity contribution in [1.29, 1.82) is 0 Å². The van der Waals surface area contributed by atoms with Gasteiger partial charge in [0.05, 0.1) is 18.1 Å². The van der Waals surface area contributed by atoms with Gasteiger partial charge in [-0.1, -0.05) is 22.4 Å². The highest BCUT2D eigenvalue weighted by Gasteiger charge is 2.48. The Bertz CT molecular complexity index is 514. The van der Waals surface area contributed by atoms with E-state index in [2.05, 4.69) is 15.9 Å². The molecule has 2 aliphatic rings. The van der Waals surface area contributed by atoms with Crippen LogP contribution in [0.4, 0.5) is 0 Å². The summed E-state index contributed by atoms with van der Waals surface area (Å²) in [6, 6.07) is 5.60. The fourth-order valence-corrected chi connectivity index (χ4v) is 3.60. The summed E-state index contributed by atoms with van der Waals surface area (Å²) in [5, 5.41) is 0. The molecule has 1 aliphatic carbocycles. The van der Waals surface area contributed by atoms with E-state index in [1.807, 2.05) is 18.2 Å². The average molecular weight is 325 g/mol. The fourth-order valence-electron chi connectivity index (χ4n) is 3.26. The van der Waals surface area contributed by atoms with Gasteiger partial charge in [0, 0.05) is 11.6 Å². The first-order valence-corrected chi connectivity index (χ1v) is 7.48. The molecule has 0 N–H and O–H groups in total. The van der Waals surface area contributed by atoms with Gasteiger partial charge in [-0.05, 0) is 37.5 Å². The van der Waals surface area contributed by atoms with Crippen LogP contribution in [0.15, 0.2) is 22.7 Å². The van der Waals surface area contributed by atoms with Crippen molar-refractivity contribution in [3.63, 3.8) is 0 Å². The largest absolute Gasteiger partial charge is 0.483 e. The standard InChI is InChI=1S/C15H17BrO3/c1-18-14-4-2-3-7-15(14)9-12(17)11-6-5-10(16)8-13(11)19-15/h5-6,8,14H,2-4,7,9H2,1H3. The number of hydrogen-bond donors (Lipinski definition) is 0. The maximum atomic E-state index is 12.4. The summed E-state index contributed by atoms with van der Waals surface area (Å²) in [4.78, 5) is 12.4. The van der Waals surface area contributed by atoms with Gasteiger partial charge < -0.3 is 9.47 Å². The number of fused-ring (bicyclic) bond motifs is 1. The lowest BCUT2D eigenvalue weighted by Gasteiger charge is -2.45. The predicted molar refractivity (Wildman–Crippen MR) is 75.7 cm³/mol. The molecule has 1 heterocycles. The lowest BCUT2D eigenvalue weighted by molar-refractivity contribution is -0.102. The second kappa shape index (κ2) is 4.91. The van der Waals surface area contributed by atoms with Crippen molar-refractivity contribution in [2.45, 2.75) is 43.8 Å². The predicted octanol–water partition coefficient (Wildman–Crippen LogP) is 3.74. The minimum atomic E-state index is -0.460. The molecule has 1 aliphatic heterocycles. The summed E-state index contributed by atoms with van der Waals surface area (Å²) >= 11 is 3.43. The zero-order chi connectivity index (χ0) is 13.5. The van der Waals surface area contributed by atoms with Gasteiger partial charge >= 0.3 is 0 Å². The Morgan fingerprint density at radius 3 is 3.05 bits per heavy atom. The zero-order valence-corrected chi connectivity index (χ0v) is 12.5. The van der Waals surface area contributed by atoms with Crippen LogP contribution in [-0.4, -0.2) is 24.6 Å². The second-order valence-corrected chi connectivity index (χ2v) is 6.29. The molecule has 1 aromatic rings. The summed E-state index contributed by atoms with van der Waals surface area (Å²) in [7, 11) is 1.71. The Morgan fingerprint density at radius 2 is 2.26 bits per heavy atom. The quantitative estimate of drug-likeness (QED) is 0.789. The number of halogens is 1. The van der Waals surface area contributed by atoms with Gasteiger partial charge in [-0.15, -0.1) is 0 Å². The summed E-state index contributed by atoms with van der Waals surface area (Å²) in [5.74, 6) is 0.854. The molecule has 3 rings (SSSR count). The Hall–Kier alpha value is -0.870. The summed E-state index contributed by atoms with van der Waals surface area (Å²) < 4.78 is 12.8. The number of hydrogen-bond acceptors (Lipinski definition) is 3. The molecule has 1 aromatic carbocycles. The minimum absolute atomic E-state index is 0.0114. The van der Waals surface area contributed by atoms with Crippen molar-refractivity contribution >= 4 is 21.7 Å². The smallest absolute Gasteiger partial charge is 0.170 e. The first-order valence-electron chi connectivity index (χ1n) is 6.69. The highest BCUT2D eigenvalue weighted by atomic mass is 79.9. The molecule has 0 saturated heterocycles. The summed E-state index contributed by atoms with van der Waals surface area (Å²) in [6.45, 7) is 0. The summed E-state index contributed by atoms with van der Waals surface area (Å²) in [6.07, 6.45) is 4.54. The number of carbonyl (C=O) groups excluding carboxylic acids is 1. The number of Topliss-reactive ketones (excluding diaryl/α,β-unsaturated/α-hetero) is 1. The molecule has 1 fully saturated rings. The minimum Gasteiger partial charge on any atom is -0.483 e. The van der Waals surface area contributed by atoms with Crippen molar-refractivity contribution in [2.75, 3.05) is 7.11 Å². The fraction of sp³-hybridized carbons (Fsp3) is 0.533. The van der Waals surface area contributed by atoms with Crippen molar-refractivity contribution < 1.29 is 14.3 Å². The van der Waals surface area contributed by atoms with Crippen LogP contribution in [0.2, 0.25) is 0 Å². The zero-order valence-electron chi connectivity index (χ0n) is 10.9. The van der Waals surface area contributed by atoms with Gasteiger partial charge in [0.15, 0.2) is 5.78 Å². The van der Waals surface area contributed by atoms with E-state index >= 15 is 0 Å². The number of ketones is 1. The number of ether oxygens (including phenoxy) is 2. The van der Waals surface area contributed by atoms with Crippen molar-refractivity contribution in [3.05, 3.63) is 28.2 Å². The first-order chi connectivity index (χ1) is 9.14. The van der Waals surface area contributed by atoms with E-state index in [0.717, 1.165) is 30.2 Å². The molecular formula is C15H17BrO3. The van der Waals surface area contributed by atoms with E-state index in [1.165, 1.54) is 0 Å². The monoisotopic (exact) mass is 324 g/mol. The third-order valence-corrected chi connectivity index (χ3v) is 4.70. The highest BCUT2D eigenvalue weighted by Crippen LogP contribution is 2.43. The third kappa shape index (κ3) is 2.21. The SMILES string of the molecule is COC1CCCCC12CC(=O)c1ccc(Br)cc1O2. The molecule has 0 bridgehead atoms. The Balaban J connectivity index is 2.01. The molecule has 1 saturated carbocycles. The molecule has 4 heteroatoms. The molecule has 3 nitrogen and oxygen atoms in total. The number of rotatable bonds is 1. The maximum absolute atomic E-state index is 12.4. The molecule has 102 valence electrons. The van der Waals surface area contributed by atoms with Crippen LogP contribution in [0.25, 0.3) is 0 Å². The number of carbonyl (C=O) groups is 1. The van der Waals surface area contributed by atoms with Gasteiger partial charge in [-0.3, -0.25) is 4.79 Å². The van der Waals surface area contributed by atoms with Crippen molar-refractivity contribution in [1.82, 2.24) is 0 Å². The van der Waals surface area contributed by atoms with Crippen LogP contribution >= 0.6 is 15.9 Å². The van der Waals surface area contributed by atoms with Gasteiger partial charge in [-0.25, -0.2) is 0 Å². The average Bonchev–Trinajstić information content (AvgIpc) is 2.38. The van der Waals surface area contributed by atoms with E-state index in [4.69, 9.17) is 9.47 Å². The lowest BCUT2D eigenvalue weighted by Crippen LogP contribution is -2.54. The Kier molecular flexibility index (Phi) is 3.39. The van der Waals surface area contributed by atoms with Crippen molar-refractivity contribution in [2.24, 2.45) is 0 Å². The van der Waals surface area contributed by atoms with Gasteiger partial charge in [0.2, 0.25) is 0 Å².